The van der Waals surface area contributed by atoms with Crippen LogP contribution in [0.2, 0.25) is 0 Å². The third-order valence-electron chi connectivity index (χ3n) is 4.28. The Bertz CT molecular complexity index is 200. The molecule has 6 atom stereocenters. The van der Waals surface area contributed by atoms with E-state index in [2.05, 4.69) is 0 Å². The van der Waals surface area contributed by atoms with Crippen molar-refractivity contribution in [2.45, 2.75) is 37.2 Å². The number of alkyl halides is 1. The average Bonchev–Trinajstić information content (AvgIpc) is 2.18. The molecule has 0 heterocycles. The molecule has 3 aliphatic rings. The number of aliphatic hydroxyl groups is 1. The van der Waals surface area contributed by atoms with Crippen molar-refractivity contribution in [1.29, 1.82) is 0 Å². The van der Waals surface area contributed by atoms with Gasteiger partial charge in [0.05, 0.1) is 6.10 Å². The van der Waals surface area contributed by atoms with E-state index in [1.165, 1.54) is 19.3 Å². The minimum absolute atomic E-state index is 0.0648. The summed E-state index contributed by atoms with van der Waals surface area (Å²) in [5.41, 5.74) is 0. The number of halogens is 1. The van der Waals surface area contributed by atoms with E-state index in [0.717, 1.165) is 18.3 Å². The van der Waals surface area contributed by atoms with Crippen LogP contribution in [0.4, 0.5) is 0 Å². The minimum atomic E-state index is -0.0648. The van der Waals surface area contributed by atoms with Gasteiger partial charge in [-0.25, -0.2) is 0 Å². The second-order valence-corrected chi connectivity index (χ2v) is 5.47. The zero-order valence-electron chi connectivity index (χ0n) is 7.12. The van der Waals surface area contributed by atoms with Crippen LogP contribution in [0.3, 0.4) is 0 Å². The predicted molar refractivity (Wildman–Crippen MR) is 48.1 cm³/mol. The first-order valence-electron chi connectivity index (χ1n) is 5.08. The first-order valence-corrected chi connectivity index (χ1v) is 5.51. The van der Waals surface area contributed by atoms with Crippen molar-refractivity contribution in [2.75, 3.05) is 0 Å². The van der Waals surface area contributed by atoms with Gasteiger partial charge in [0.2, 0.25) is 0 Å². The molecule has 0 aromatic heterocycles. The maximum absolute atomic E-state index is 9.97. The van der Waals surface area contributed by atoms with E-state index in [1.54, 1.807) is 0 Å². The molecule has 12 heavy (non-hydrogen) atoms. The van der Waals surface area contributed by atoms with E-state index in [9.17, 15) is 5.11 Å². The van der Waals surface area contributed by atoms with Crippen molar-refractivity contribution in [2.24, 2.45) is 23.7 Å². The number of rotatable bonds is 0. The Morgan fingerprint density at radius 2 is 1.75 bits per heavy atom. The quantitative estimate of drug-likeness (QED) is 0.574. The summed E-state index contributed by atoms with van der Waals surface area (Å²) < 4.78 is 0. The molecule has 0 amide bonds. The summed E-state index contributed by atoms with van der Waals surface area (Å²) in [7, 11) is 0. The van der Waals surface area contributed by atoms with Crippen LogP contribution in [-0.2, 0) is 0 Å². The van der Waals surface area contributed by atoms with Gasteiger partial charge in [-0.3, -0.25) is 0 Å². The highest BCUT2D eigenvalue weighted by Crippen LogP contribution is 2.56. The normalized spacial score (nSPS) is 62.5. The Hall–Kier alpha value is 0.250. The average molecular weight is 187 g/mol. The van der Waals surface area contributed by atoms with Crippen LogP contribution in [0.25, 0.3) is 0 Å². The van der Waals surface area contributed by atoms with E-state index in [-0.39, 0.29) is 11.5 Å². The van der Waals surface area contributed by atoms with E-state index < -0.39 is 0 Å². The first kappa shape index (κ1) is 7.64. The van der Waals surface area contributed by atoms with Crippen molar-refractivity contribution >= 4 is 11.6 Å². The van der Waals surface area contributed by atoms with Crippen molar-refractivity contribution < 1.29 is 5.11 Å². The first-order chi connectivity index (χ1) is 5.75. The van der Waals surface area contributed by atoms with Gasteiger partial charge in [-0.2, -0.15) is 0 Å². The van der Waals surface area contributed by atoms with Crippen LogP contribution >= 0.6 is 11.6 Å². The summed E-state index contributed by atoms with van der Waals surface area (Å²) in [5, 5.41) is 10.2. The SMILES string of the molecule is O[C@H]1[C@H]2C[C@@H]3C[C@H](C2)[C@H]1[C@@H](Cl)C3. The van der Waals surface area contributed by atoms with E-state index in [1.807, 2.05) is 0 Å². The zero-order chi connectivity index (χ0) is 8.29. The Morgan fingerprint density at radius 1 is 1.00 bits per heavy atom. The third kappa shape index (κ3) is 0.843. The summed E-state index contributed by atoms with van der Waals surface area (Å²) in [5.74, 6) is 2.64. The lowest BCUT2D eigenvalue weighted by Crippen LogP contribution is -2.33. The van der Waals surface area contributed by atoms with Gasteiger partial charge >= 0.3 is 0 Å². The van der Waals surface area contributed by atoms with Crippen molar-refractivity contribution in [1.82, 2.24) is 0 Å². The molecule has 3 bridgehead atoms. The van der Waals surface area contributed by atoms with Gasteiger partial charge < -0.3 is 5.11 Å². The van der Waals surface area contributed by atoms with Crippen LogP contribution in [-0.4, -0.2) is 16.6 Å². The fourth-order valence-electron chi connectivity index (χ4n) is 3.90. The van der Waals surface area contributed by atoms with Gasteiger partial charge in [-0.1, -0.05) is 0 Å². The summed E-state index contributed by atoms with van der Waals surface area (Å²) in [6, 6.07) is 0. The Morgan fingerprint density at radius 3 is 2.58 bits per heavy atom. The molecule has 0 aliphatic heterocycles. The van der Waals surface area contributed by atoms with Gasteiger partial charge in [-0.15, -0.1) is 11.6 Å². The molecule has 3 saturated carbocycles. The molecule has 1 N–H and O–H groups in total. The molecule has 0 unspecified atom stereocenters. The lowest BCUT2D eigenvalue weighted by atomic mass is 9.72. The van der Waals surface area contributed by atoms with Gasteiger partial charge in [0, 0.05) is 11.3 Å². The molecule has 2 heteroatoms. The molecular weight excluding hydrogens is 172 g/mol. The molecule has 1 nitrogen and oxygen atoms in total. The summed E-state index contributed by atoms with van der Waals surface area (Å²) in [6.07, 6.45) is 4.95. The molecular formula is C10H15ClO. The molecule has 0 radical (unpaired) electrons. The third-order valence-corrected chi connectivity index (χ3v) is 4.74. The van der Waals surface area contributed by atoms with Crippen LogP contribution in [0.5, 0.6) is 0 Å². The van der Waals surface area contributed by atoms with Gasteiger partial charge in [-0.05, 0) is 43.4 Å². The maximum atomic E-state index is 9.97. The summed E-state index contributed by atoms with van der Waals surface area (Å²) in [4.78, 5) is 0. The lowest BCUT2D eigenvalue weighted by Gasteiger charge is -2.36. The van der Waals surface area contributed by atoms with E-state index in [0.29, 0.717) is 11.8 Å². The van der Waals surface area contributed by atoms with E-state index >= 15 is 0 Å². The predicted octanol–water partition coefficient (Wildman–Crippen LogP) is 2.02. The monoisotopic (exact) mass is 186 g/mol. The molecule has 68 valence electrons. The number of aliphatic hydroxyl groups excluding tert-OH is 1. The Balaban J connectivity index is 1.98. The topological polar surface area (TPSA) is 20.2 Å². The largest absolute Gasteiger partial charge is 0.392 e. The second-order valence-electron chi connectivity index (χ2n) is 4.91. The molecule has 0 spiro atoms. The van der Waals surface area contributed by atoms with Crippen LogP contribution in [0, 0.1) is 23.7 Å². The zero-order valence-corrected chi connectivity index (χ0v) is 7.87. The molecule has 0 aromatic carbocycles. The highest BCUT2D eigenvalue weighted by molar-refractivity contribution is 6.21. The number of hydrogen-bond acceptors (Lipinski definition) is 1. The van der Waals surface area contributed by atoms with Crippen LogP contribution < -0.4 is 0 Å². The molecule has 0 aromatic rings. The van der Waals surface area contributed by atoms with Gasteiger partial charge in [0.1, 0.15) is 0 Å². The number of fused-ring (bicyclic) bond motifs is 2. The maximum Gasteiger partial charge on any atom is 0.0613 e. The Labute approximate surface area is 78.1 Å². The molecule has 3 fully saturated rings. The standard InChI is InChI=1S/C10H15ClO/c11-8-3-5-1-6-4-7(2-5)10(12)9(6)8/h5-10,12H,1-4H2/t5-,6+,7-,8-,9-,10-/m0/s1. The van der Waals surface area contributed by atoms with Crippen LogP contribution in [0.1, 0.15) is 25.7 Å². The number of hydrogen-bond donors (Lipinski definition) is 1. The van der Waals surface area contributed by atoms with Gasteiger partial charge in [0.25, 0.3) is 0 Å². The van der Waals surface area contributed by atoms with Crippen molar-refractivity contribution in [3.63, 3.8) is 0 Å². The van der Waals surface area contributed by atoms with Crippen LogP contribution in [0.15, 0.2) is 0 Å². The van der Waals surface area contributed by atoms with Gasteiger partial charge in [0.15, 0.2) is 0 Å². The van der Waals surface area contributed by atoms with Crippen molar-refractivity contribution in [3.05, 3.63) is 0 Å². The summed E-state index contributed by atoms with van der Waals surface area (Å²) in [6.45, 7) is 0. The van der Waals surface area contributed by atoms with Crippen molar-refractivity contribution in [3.8, 4) is 0 Å². The second kappa shape index (κ2) is 2.39. The summed E-state index contributed by atoms with van der Waals surface area (Å²) >= 11 is 6.27. The highest BCUT2D eigenvalue weighted by atomic mass is 35.5. The molecule has 3 rings (SSSR count). The molecule has 0 saturated heterocycles. The highest BCUT2D eigenvalue weighted by Gasteiger charge is 2.53. The lowest BCUT2D eigenvalue weighted by molar-refractivity contribution is 0.0897. The fraction of sp³-hybridized carbons (Fsp3) is 1.00. The molecule has 3 aliphatic carbocycles. The fourth-order valence-corrected chi connectivity index (χ4v) is 4.50. The Kier molecular flexibility index (Phi) is 1.52. The van der Waals surface area contributed by atoms with E-state index in [4.69, 9.17) is 11.6 Å². The smallest absolute Gasteiger partial charge is 0.0613 e. The minimum Gasteiger partial charge on any atom is -0.392 e.